The molecular weight excluding hydrogens is 392 g/mol. The van der Waals surface area contributed by atoms with Gasteiger partial charge >= 0.3 is 0 Å². The van der Waals surface area contributed by atoms with E-state index in [1.807, 2.05) is 42.5 Å². The predicted octanol–water partition coefficient (Wildman–Crippen LogP) is 5.33. The third kappa shape index (κ3) is 3.76. The van der Waals surface area contributed by atoms with Gasteiger partial charge in [-0.25, -0.2) is 0 Å². The van der Waals surface area contributed by atoms with E-state index in [0.29, 0.717) is 17.2 Å². The monoisotopic (exact) mass is 410 g/mol. The van der Waals surface area contributed by atoms with Gasteiger partial charge in [0.25, 0.3) is 11.1 Å². The van der Waals surface area contributed by atoms with Crippen LogP contribution in [0.15, 0.2) is 59.5 Å². The van der Waals surface area contributed by atoms with Gasteiger partial charge in [-0.05, 0) is 54.2 Å². The van der Waals surface area contributed by atoms with Crippen molar-refractivity contribution in [3.8, 4) is 16.2 Å². The highest BCUT2D eigenvalue weighted by Gasteiger charge is 2.22. The minimum absolute atomic E-state index is 0.0385. The average molecular weight is 411 g/mol. The molecule has 3 aromatic rings. The molecule has 1 aromatic heterocycles. The van der Waals surface area contributed by atoms with E-state index in [9.17, 15) is 9.59 Å². The van der Waals surface area contributed by atoms with Crippen LogP contribution in [0.3, 0.4) is 0 Å². The highest BCUT2D eigenvalue weighted by Crippen LogP contribution is 2.42. The van der Waals surface area contributed by atoms with Crippen molar-refractivity contribution in [3.63, 3.8) is 0 Å². The van der Waals surface area contributed by atoms with E-state index in [1.54, 1.807) is 26.2 Å². The fourth-order valence-corrected chi connectivity index (χ4v) is 4.55. The number of nitrogens with one attached hydrogen (secondary N) is 1. The Kier molecular flexibility index (Phi) is 5.11. The lowest BCUT2D eigenvalue weighted by Gasteiger charge is -2.16. The number of thiophene rings is 1. The molecule has 28 heavy (non-hydrogen) atoms. The zero-order valence-electron chi connectivity index (χ0n) is 15.4. The fraction of sp³-hybridized carbons (Fsp3) is 0.143. The molecule has 0 atom stereocenters. The number of thioether (sulfide) groups is 1. The summed E-state index contributed by atoms with van der Waals surface area (Å²) < 4.78 is 5.76. The maximum atomic E-state index is 12.7. The number of hydrogen-bond donors (Lipinski definition) is 1. The lowest BCUT2D eigenvalue weighted by molar-refractivity contribution is 0.103. The third-order valence-electron chi connectivity index (χ3n) is 4.23. The Morgan fingerprint density at radius 2 is 1.86 bits per heavy atom. The van der Waals surface area contributed by atoms with Crippen LogP contribution in [0.25, 0.3) is 10.4 Å². The third-order valence-corrected chi connectivity index (χ3v) is 6.49. The number of hydrogen-bond acceptors (Lipinski definition) is 5. The number of carbonyl (C=O) groups excluding carboxylic acids is 2. The number of carbonyl (C=O) groups is 2. The number of benzene rings is 2. The number of para-hydroxylation sites is 1. The molecule has 0 saturated heterocycles. The predicted molar refractivity (Wildman–Crippen MR) is 113 cm³/mol. The maximum Gasteiger partial charge on any atom is 0.285 e. The quantitative estimate of drug-likeness (QED) is 0.593. The number of nitrogens with zero attached hydrogens (tertiary/aromatic N) is 1. The smallest absolute Gasteiger partial charge is 0.285 e. The minimum atomic E-state index is -0.151. The highest BCUT2D eigenvalue weighted by molar-refractivity contribution is 8.13. The van der Waals surface area contributed by atoms with E-state index in [2.05, 4.69) is 5.32 Å². The van der Waals surface area contributed by atoms with Crippen LogP contribution in [0.1, 0.15) is 15.2 Å². The molecule has 1 aliphatic rings. The van der Waals surface area contributed by atoms with Gasteiger partial charge in [0.2, 0.25) is 0 Å². The second-order valence-electron chi connectivity index (χ2n) is 6.49. The summed E-state index contributed by atoms with van der Waals surface area (Å²) in [5, 5.41) is 2.88. The average Bonchev–Trinajstić information content (AvgIpc) is 3.14. The van der Waals surface area contributed by atoms with Gasteiger partial charge in [0.15, 0.2) is 0 Å². The van der Waals surface area contributed by atoms with Crippen molar-refractivity contribution in [3.05, 3.63) is 65.0 Å². The molecule has 0 aliphatic carbocycles. The molecule has 0 spiro atoms. The lowest BCUT2D eigenvalue weighted by atomic mass is 10.1. The molecule has 2 heterocycles. The van der Waals surface area contributed by atoms with Crippen LogP contribution in [0.2, 0.25) is 0 Å². The number of anilines is 1. The van der Waals surface area contributed by atoms with Crippen LogP contribution in [0, 0.1) is 0 Å². The highest BCUT2D eigenvalue weighted by atomic mass is 32.2. The molecule has 5 nitrogen and oxygen atoms in total. The van der Waals surface area contributed by atoms with Crippen molar-refractivity contribution in [2.24, 2.45) is 0 Å². The van der Waals surface area contributed by atoms with Crippen molar-refractivity contribution in [2.75, 3.05) is 19.4 Å². The Balaban J connectivity index is 1.48. The van der Waals surface area contributed by atoms with Gasteiger partial charge in [-0.2, -0.15) is 0 Å². The van der Waals surface area contributed by atoms with Gasteiger partial charge in [0, 0.05) is 40.7 Å². The van der Waals surface area contributed by atoms with Crippen LogP contribution >= 0.6 is 23.1 Å². The number of amides is 2. The molecule has 7 heteroatoms. The summed E-state index contributed by atoms with van der Waals surface area (Å²) in [6, 6.07) is 17.0. The normalized spacial score (nSPS) is 11.8. The van der Waals surface area contributed by atoms with Crippen molar-refractivity contribution < 1.29 is 14.3 Å². The van der Waals surface area contributed by atoms with Crippen LogP contribution in [-0.4, -0.2) is 30.1 Å². The van der Waals surface area contributed by atoms with Gasteiger partial charge in [-0.3, -0.25) is 9.59 Å². The summed E-state index contributed by atoms with van der Waals surface area (Å²) in [7, 11) is 3.43. The van der Waals surface area contributed by atoms with Crippen LogP contribution < -0.4 is 10.1 Å². The SMILES string of the molecule is CN(C)C(=O)Sc1ccc(NC(=O)c2cc3c(s2)-c2ccccc2OC3)cc1. The van der Waals surface area contributed by atoms with E-state index >= 15 is 0 Å². The Labute approximate surface area is 171 Å². The largest absolute Gasteiger partial charge is 0.488 e. The second kappa shape index (κ2) is 7.69. The lowest BCUT2D eigenvalue weighted by Crippen LogP contribution is -2.16. The molecule has 0 radical (unpaired) electrons. The number of fused-ring (bicyclic) bond motifs is 3. The van der Waals surface area contributed by atoms with Crippen molar-refractivity contribution in [1.29, 1.82) is 0 Å². The van der Waals surface area contributed by atoms with Gasteiger partial charge in [-0.15, -0.1) is 11.3 Å². The first kappa shape index (κ1) is 18.6. The van der Waals surface area contributed by atoms with Gasteiger partial charge in [0.05, 0.1) is 4.88 Å². The molecule has 4 rings (SSSR count). The van der Waals surface area contributed by atoms with E-state index < -0.39 is 0 Å². The summed E-state index contributed by atoms with van der Waals surface area (Å²) in [4.78, 5) is 28.5. The molecule has 2 aromatic carbocycles. The Hall–Kier alpha value is -2.77. The molecule has 1 aliphatic heterocycles. The molecule has 1 N–H and O–H groups in total. The van der Waals surface area contributed by atoms with Crippen molar-refractivity contribution in [2.45, 2.75) is 11.5 Å². The Morgan fingerprint density at radius 1 is 1.11 bits per heavy atom. The van der Waals surface area contributed by atoms with Crippen molar-refractivity contribution in [1.82, 2.24) is 4.90 Å². The number of rotatable bonds is 3. The Bertz CT molecular complexity index is 1040. The molecule has 0 unspecified atom stereocenters. The molecule has 0 fully saturated rings. The summed E-state index contributed by atoms with van der Waals surface area (Å²) in [6.45, 7) is 0.474. The molecule has 0 saturated carbocycles. The first-order valence-corrected chi connectivity index (χ1v) is 10.3. The molecule has 2 amide bonds. The minimum Gasteiger partial charge on any atom is -0.488 e. The Morgan fingerprint density at radius 3 is 2.61 bits per heavy atom. The van der Waals surface area contributed by atoms with E-state index in [-0.39, 0.29) is 11.1 Å². The van der Waals surface area contributed by atoms with Gasteiger partial charge in [-0.1, -0.05) is 12.1 Å². The molecule has 142 valence electrons. The zero-order valence-corrected chi connectivity index (χ0v) is 17.0. The van der Waals surface area contributed by atoms with Crippen LogP contribution in [-0.2, 0) is 6.61 Å². The van der Waals surface area contributed by atoms with E-state index in [1.165, 1.54) is 16.2 Å². The second-order valence-corrected chi connectivity index (χ2v) is 8.57. The molecular formula is C21H18N2O3S2. The maximum absolute atomic E-state index is 12.7. The topological polar surface area (TPSA) is 58.6 Å². The van der Waals surface area contributed by atoms with Crippen LogP contribution in [0.5, 0.6) is 5.75 Å². The van der Waals surface area contributed by atoms with Crippen molar-refractivity contribution >= 4 is 39.9 Å². The summed E-state index contributed by atoms with van der Waals surface area (Å²) >= 11 is 2.62. The first-order chi connectivity index (χ1) is 13.5. The first-order valence-electron chi connectivity index (χ1n) is 8.67. The van der Waals surface area contributed by atoms with Crippen LogP contribution in [0.4, 0.5) is 10.5 Å². The van der Waals surface area contributed by atoms with E-state index in [4.69, 9.17) is 4.74 Å². The van der Waals surface area contributed by atoms with Gasteiger partial charge < -0.3 is 15.0 Å². The standard InChI is InChI=1S/C21H18N2O3S2/c1-23(2)21(25)27-15-9-7-14(8-10-15)22-20(24)18-11-13-12-26-17-6-4-3-5-16(17)19(13)28-18/h3-11H,12H2,1-2H3,(H,22,24). The summed E-state index contributed by atoms with van der Waals surface area (Å²) in [5.74, 6) is 0.700. The zero-order chi connectivity index (χ0) is 19.7. The van der Waals surface area contributed by atoms with E-state index in [0.717, 1.165) is 38.4 Å². The fourth-order valence-electron chi connectivity index (χ4n) is 2.80. The summed E-state index contributed by atoms with van der Waals surface area (Å²) in [6.07, 6.45) is 0. The summed E-state index contributed by atoms with van der Waals surface area (Å²) in [5.41, 5.74) is 2.75. The van der Waals surface area contributed by atoms with Gasteiger partial charge in [0.1, 0.15) is 12.4 Å². The molecule has 0 bridgehead atoms. The number of ether oxygens (including phenoxy) is 1.